The Morgan fingerprint density at radius 1 is 1.38 bits per heavy atom. The Hall–Kier alpha value is -0.610. The van der Waals surface area contributed by atoms with Crippen molar-refractivity contribution >= 4 is 15.9 Å². The van der Waals surface area contributed by atoms with E-state index in [4.69, 9.17) is 0 Å². The fourth-order valence-electron chi connectivity index (χ4n) is 3.02. The molecule has 21 heavy (non-hydrogen) atoms. The first-order valence-corrected chi connectivity index (χ1v) is 9.07. The number of aromatic nitrogens is 2. The first kappa shape index (κ1) is 16.8. The molecule has 0 amide bonds. The molecule has 4 heteroatoms. The molecule has 118 valence electrons. The van der Waals surface area contributed by atoms with Crippen LogP contribution in [0, 0.1) is 0 Å². The number of nitrogens with one attached hydrogen (secondary N) is 1. The molecule has 1 aromatic rings. The predicted molar refractivity (Wildman–Crippen MR) is 92.5 cm³/mol. The van der Waals surface area contributed by atoms with Gasteiger partial charge in [-0.1, -0.05) is 18.6 Å². The highest BCUT2D eigenvalue weighted by Crippen LogP contribution is 2.32. The highest BCUT2D eigenvalue weighted by molar-refractivity contribution is 9.10. The van der Waals surface area contributed by atoms with E-state index < -0.39 is 0 Å². The Morgan fingerprint density at radius 3 is 2.81 bits per heavy atom. The van der Waals surface area contributed by atoms with E-state index in [1.165, 1.54) is 31.4 Å². The van der Waals surface area contributed by atoms with Crippen LogP contribution in [0.4, 0.5) is 0 Å². The van der Waals surface area contributed by atoms with Gasteiger partial charge in [0.1, 0.15) is 0 Å². The first-order valence-electron chi connectivity index (χ1n) is 8.27. The minimum Gasteiger partial charge on any atom is -0.308 e. The molecule has 3 nitrogen and oxygen atoms in total. The van der Waals surface area contributed by atoms with Gasteiger partial charge in [0.05, 0.1) is 22.4 Å². The normalized spacial score (nSPS) is 17.1. The lowest BCUT2D eigenvalue weighted by Gasteiger charge is -2.24. The Bertz CT molecular complexity index is 476. The average Bonchev–Trinajstić information content (AvgIpc) is 2.86. The van der Waals surface area contributed by atoms with Gasteiger partial charge in [0.2, 0.25) is 0 Å². The largest absolute Gasteiger partial charge is 0.308 e. The number of hydrogen-bond acceptors (Lipinski definition) is 2. The summed E-state index contributed by atoms with van der Waals surface area (Å²) in [6.07, 6.45) is 11.9. The summed E-state index contributed by atoms with van der Waals surface area (Å²) in [5, 5.41) is 8.27. The van der Waals surface area contributed by atoms with E-state index >= 15 is 0 Å². The van der Waals surface area contributed by atoms with Crippen LogP contribution < -0.4 is 5.32 Å². The molecule has 1 aromatic heterocycles. The molecular formula is C17H28BrN3. The molecule has 0 saturated heterocycles. The van der Waals surface area contributed by atoms with Gasteiger partial charge in [-0.15, -0.1) is 0 Å². The molecule has 1 aliphatic rings. The van der Waals surface area contributed by atoms with Gasteiger partial charge in [-0.3, -0.25) is 4.68 Å². The third kappa shape index (κ3) is 4.43. The second kappa shape index (κ2) is 8.14. The molecule has 0 bridgehead atoms. The van der Waals surface area contributed by atoms with Gasteiger partial charge in [-0.25, -0.2) is 0 Å². The second-order valence-corrected chi connectivity index (χ2v) is 7.09. The van der Waals surface area contributed by atoms with Crippen LogP contribution in [0.3, 0.4) is 0 Å². The summed E-state index contributed by atoms with van der Waals surface area (Å²) in [6, 6.07) is 0.742. The number of allylic oxidation sites excluding steroid dienone is 1. The van der Waals surface area contributed by atoms with E-state index in [9.17, 15) is 0 Å². The van der Waals surface area contributed by atoms with Crippen LogP contribution in [-0.4, -0.2) is 16.3 Å². The maximum atomic E-state index is 4.55. The number of rotatable bonds is 7. The average molecular weight is 354 g/mol. The summed E-state index contributed by atoms with van der Waals surface area (Å²) in [4.78, 5) is 0. The zero-order valence-corrected chi connectivity index (χ0v) is 15.1. The van der Waals surface area contributed by atoms with Gasteiger partial charge in [0, 0.05) is 6.04 Å². The molecule has 0 radical (unpaired) electrons. The van der Waals surface area contributed by atoms with Crippen LogP contribution in [0.1, 0.15) is 77.1 Å². The van der Waals surface area contributed by atoms with Crippen LogP contribution in [0.5, 0.6) is 0 Å². The lowest BCUT2D eigenvalue weighted by molar-refractivity contribution is 0.435. The van der Waals surface area contributed by atoms with Crippen LogP contribution in [0.25, 0.3) is 0 Å². The first-order chi connectivity index (χ1) is 10.1. The topological polar surface area (TPSA) is 29.9 Å². The van der Waals surface area contributed by atoms with E-state index in [0.717, 1.165) is 23.9 Å². The maximum absolute atomic E-state index is 4.55. The van der Waals surface area contributed by atoms with Gasteiger partial charge in [0.25, 0.3) is 0 Å². The lowest BCUT2D eigenvalue weighted by Crippen LogP contribution is -2.26. The van der Waals surface area contributed by atoms with E-state index in [1.54, 1.807) is 5.57 Å². The number of halogens is 1. The molecular weight excluding hydrogens is 326 g/mol. The number of nitrogens with zero attached hydrogens (tertiary/aromatic N) is 2. The lowest BCUT2D eigenvalue weighted by atomic mass is 9.93. The van der Waals surface area contributed by atoms with Crippen molar-refractivity contribution in [2.45, 2.75) is 71.4 Å². The summed E-state index contributed by atoms with van der Waals surface area (Å²) < 4.78 is 3.28. The molecule has 1 N–H and O–H groups in total. The Labute approximate surface area is 137 Å². The summed E-state index contributed by atoms with van der Waals surface area (Å²) in [7, 11) is 0. The standard InChI is InChI=1S/C17H28BrN3/c1-4-10-19-16(11-14-8-6-5-7-9-14)17-15(18)12-20-21(17)13(2)3/h8,12-13,16,19H,4-7,9-11H2,1-3H3. The SMILES string of the molecule is CCCNC(CC1=CCCCC1)c1c(Br)cnn1C(C)C. The fraction of sp³-hybridized carbons (Fsp3) is 0.706. The van der Waals surface area contributed by atoms with E-state index in [1.807, 2.05) is 6.20 Å². The molecule has 2 rings (SSSR count). The molecule has 0 aromatic carbocycles. The Kier molecular flexibility index (Phi) is 6.49. The third-order valence-electron chi connectivity index (χ3n) is 4.10. The number of hydrogen-bond donors (Lipinski definition) is 1. The summed E-state index contributed by atoms with van der Waals surface area (Å²) in [5.41, 5.74) is 2.91. The third-order valence-corrected chi connectivity index (χ3v) is 4.71. The molecule has 0 aliphatic heterocycles. The van der Waals surface area contributed by atoms with Crippen LogP contribution in [-0.2, 0) is 0 Å². The molecule has 0 saturated carbocycles. The van der Waals surface area contributed by atoms with Crippen molar-refractivity contribution in [3.63, 3.8) is 0 Å². The monoisotopic (exact) mass is 353 g/mol. The minimum absolute atomic E-state index is 0.355. The quantitative estimate of drug-likeness (QED) is 0.686. The smallest absolute Gasteiger partial charge is 0.0702 e. The fourth-order valence-corrected chi connectivity index (χ4v) is 3.57. The molecule has 1 aliphatic carbocycles. The van der Waals surface area contributed by atoms with Crippen LogP contribution >= 0.6 is 15.9 Å². The van der Waals surface area contributed by atoms with Crippen molar-refractivity contribution in [1.82, 2.24) is 15.1 Å². The van der Waals surface area contributed by atoms with Crippen LogP contribution in [0.15, 0.2) is 22.3 Å². The van der Waals surface area contributed by atoms with Gasteiger partial charge in [-0.05, 0) is 74.8 Å². The molecule has 0 spiro atoms. The van der Waals surface area contributed by atoms with Gasteiger partial charge < -0.3 is 5.32 Å². The van der Waals surface area contributed by atoms with Crippen molar-refractivity contribution in [3.05, 3.63) is 28.0 Å². The van der Waals surface area contributed by atoms with E-state index in [0.29, 0.717) is 12.1 Å². The summed E-state index contributed by atoms with van der Waals surface area (Å²) in [6.45, 7) is 7.66. The van der Waals surface area contributed by atoms with Crippen molar-refractivity contribution < 1.29 is 0 Å². The zero-order chi connectivity index (χ0) is 15.2. The van der Waals surface area contributed by atoms with E-state index in [-0.39, 0.29) is 0 Å². The van der Waals surface area contributed by atoms with Crippen molar-refractivity contribution in [1.29, 1.82) is 0 Å². The van der Waals surface area contributed by atoms with Crippen molar-refractivity contribution in [2.75, 3.05) is 6.54 Å². The Balaban J connectivity index is 2.22. The molecule has 1 atom stereocenters. The summed E-state index contributed by atoms with van der Waals surface area (Å²) >= 11 is 3.70. The maximum Gasteiger partial charge on any atom is 0.0702 e. The predicted octanol–water partition coefficient (Wildman–Crippen LogP) is 5.16. The Morgan fingerprint density at radius 2 is 2.19 bits per heavy atom. The van der Waals surface area contributed by atoms with Gasteiger partial charge in [-0.2, -0.15) is 5.10 Å². The van der Waals surface area contributed by atoms with Gasteiger partial charge >= 0.3 is 0 Å². The molecule has 1 heterocycles. The van der Waals surface area contributed by atoms with Crippen LogP contribution in [0.2, 0.25) is 0 Å². The van der Waals surface area contributed by atoms with Crippen molar-refractivity contribution in [2.24, 2.45) is 0 Å². The highest BCUT2D eigenvalue weighted by atomic mass is 79.9. The molecule has 0 fully saturated rings. The van der Waals surface area contributed by atoms with E-state index in [2.05, 4.69) is 57.9 Å². The minimum atomic E-state index is 0.355. The highest BCUT2D eigenvalue weighted by Gasteiger charge is 2.22. The molecule has 1 unspecified atom stereocenters. The van der Waals surface area contributed by atoms with Crippen molar-refractivity contribution in [3.8, 4) is 0 Å². The zero-order valence-electron chi connectivity index (χ0n) is 13.5. The second-order valence-electron chi connectivity index (χ2n) is 6.24. The summed E-state index contributed by atoms with van der Waals surface area (Å²) in [5.74, 6) is 0. The van der Waals surface area contributed by atoms with Gasteiger partial charge in [0.15, 0.2) is 0 Å².